The topological polar surface area (TPSA) is 71.7 Å². The van der Waals surface area contributed by atoms with Crippen LogP contribution in [0.4, 0.5) is 0 Å². The molecule has 6 nitrogen and oxygen atoms in total. The molecule has 1 aromatic carbocycles. The number of rotatable bonds is 8. The van der Waals surface area contributed by atoms with Gasteiger partial charge in [-0.2, -0.15) is 0 Å². The third-order valence-corrected chi connectivity index (χ3v) is 4.00. The van der Waals surface area contributed by atoms with Crippen LogP contribution in [0.25, 0.3) is 0 Å². The molecule has 2 aromatic rings. The van der Waals surface area contributed by atoms with E-state index in [4.69, 9.17) is 9.15 Å². The van der Waals surface area contributed by atoms with Crippen LogP contribution in [0.3, 0.4) is 0 Å². The van der Waals surface area contributed by atoms with Gasteiger partial charge in [0.05, 0.1) is 25.9 Å². The predicted octanol–water partition coefficient (Wildman–Crippen LogP) is 4.88. The molecular formula is C22H35IN4O2. The van der Waals surface area contributed by atoms with Crippen LogP contribution in [-0.2, 0) is 18.5 Å². The van der Waals surface area contributed by atoms with Crippen LogP contribution in [0.2, 0.25) is 0 Å². The van der Waals surface area contributed by atoms with Crippen molar-refractivity contribution in [2.45, 2.75) is 60.0 Å². The summed E-state index contributed by atoms with van der Waals surface area (Å²) in [6.07, 6.45) is 1.80. The van der Waals surface area contributed by atoms with Crippen LogP contribution >= 0.6 is 24.0 Å². The van der Waals surface area contributed by atoms with Crippen molar-refractivity contribution in [2.24, 2.45) is 10.9 Å². The van der Waals surface area contributed by atoms with Crippen molar-refractivity contribution in [1.82, 2.24) is 15.6 Å². The molecule has 0 fully saturated rings. The van der Waals surface area contributed by atoms with Gasteiger partial charge in [-0.1, -0.05) is 52.8 Å². The molecule has 0 saturated carbocycles. The van der Waals surface area contributed by atoms with Gasteiger partial charge in [0, 0.05) is 17.5 Å². The summed E-state index contributed by atoms with van der Waals surface area (Å²) in [4.78, 5) is 9.04. The average Bonchev–Trinajstić information content (AvgIpc) is 3.12. The van der Waals surface area contributed by atoms with E-state index in [9.17, 15) is 0 Å². The highest BCUT2D eigenvalue weighted by Crippen LogP contribution is 2.22. The molecule has 1 heterocycles. The number of para-hydroxylation sites is 1. The molecule has 0 aliphatic carbocycles. The number of guanidine groups is 1. The number of halogens is 1. The first kappa shape index (κ1) is 25.3. The molecule has 0 aliphatic heterocycles. The number of nitrogens with zero attached hydrogens (tertiary/aromatic N) is 2. The van der Waals surface area contributed by atoms with E-state index in [-0.39, 0.29) is 29.4 Å². The minimum Gasteiger partial charge on any atom is -0.493 e. The quantitative estimate of drug-likeness (QED) is 0.299. The zero-order chi connectivity index (χ0) is 20.6. The summed E-state index contributed by atoms with van der Waals surface area (Å²) in [5, 5.41) is 6.54. The van der Waals surface area contributed by atoms with Crippen molar-refractivity contribution in [1.29, 1.82) is 0 Å². The summed E-state index contributed by atoms with van der Waals surface area (Å²) in [7, 11) is 0. The Morgan fingerprint density at radius 2 is 1.93 bits per heavy atom. The number of nitrogens with one attached hydrogen (secondary N) is 2. The summed E-state index contributed by atoms with van der Waals surface area (Å²) >= 11 is 0. The second kappa shape index (κ2) is 12.0. The normalized spacial score (nSPS) is 11.9. The van der Waals surface area contributed by atoms with Gasteiger partial charge >= 0.3 is 0 Å². The molecular weight excluding hydrogens is 479 g/mol. The molecule has 7 heteroatoms. The van der Waals surface area contributed by atoms with Crippen molar-refractivity contribution in [2.75, 3.05) is 13.2 Å². The highest BCUT2D eigenvalue weighted by Gasteiger charge is 2.19. The molecule has 0 aliphatic rings. The highest BCUT2D eigenvalue weighted by molar-refractivity contribution is 14.0. The van der Waals surface area contributed by atoms with Crippen molar-refractivity contribution in [3.8, 4) is 5.75 Å². The van der Waals surface area contributed by atoms with Crippen LogP contribution in [0.1, 0.15) is 58.8 Å². The summed E-state index contributed by atoms with van der Waals surface area (Å²) in [6.45, 7) is 15.1. The molecule has 1 aromatic heterocycles. The van der Waals surface area contributed by atoms with Crippen molar-refractivity contribution >= 4 is 29.9 Å². The first-order chi connectivity index (χ1) is 13.3. The lowest BCUT2D eigenvalue weighted by Crippen LogP contribution is -2.36. The number of aromatic nitrogens is 1. The van der Waals surface area contributed by atoms with Gasteiger partial charge in [-0.3, -0.25) is 0 Å². The van der Waals surface area contributed by atoms with E-state index in [0.29, 0.717) is 31.5 Å². The number of ether oxygens (including phenoxy) is 1. The van der Waals surface area contributed by atoms with Gasteiger partial charge in [-0.15, -0.1) is 24.0 Å². The number of hydrogen-bond acceptors (Lipinski definition) is 4. The van der Waals surface area contributed by atoms with Gasteiger partial charge in [0.15, 0.2) is 5.96 Å². The Morgan fingerprint density at radius 3 is 2.55 bits per heavy atom. The number of oxazole rings is 1. The fourth-order valence-corrected chi connectivity index (χ4v) is 2.44. The molecule has 0 radical (unpaired) electrons. The Hall–Kier alpha value is -1.77. The van der Waals surface area contributed by atoms with E-state index in [2.05, 4.69) is 55.2 Å². The summed E-state index contributed by atoms with van der Waals surface area (Å²) in [6, 6.07) is 8.04. The molecule has 2 rings (SSSR count). The van der Waals surface area contributed by atoms with Crippen molar-refractivity contribution in [3.05, 3.63) is 47.7 Å². The van der Waals surface area contributed by atoms with Crippen LogP contribution in [0.5, 0.6) is 5.75 Å². The zero-order valence-electron chi connectivity index (χ0n) is 18.4. The van der Waals surface area contributed by atoms with Gasteiger partial charge in [0.2, 0.25) is 5.89 Å². The molecule has 0 unspecified atom stereocenters. The molecule has 0 amide bonds. The molecule has 0 atom stereocenters. The standard InChI is InChI=1S/C22H34N4O2.HI/c1-7-23-21(26-14-20-24-13-19(28-20)22(4,5)6)25-12-17-10-8-9-11-18(17)27-15-16(2)3;/h8-11,13,16H,7,12,14-15H2,1-6H3,(H2,23,25,26);1H. The Morgan fingerprint density at radius 1 is 1.21 bits per heavy atom. The van der Waals surface area contributed by atoms with E-state index >= 15 is 0 Å². The Balaban J connectivity index is 0.00000420. The minimum absolute atomic E-state index is 0. The third kappa shape index (κ3) is 8.64. The number of aliphatic imine (C=N–C) groups is 1. The fourth-order valence-electron chi connectivity index (χ4n) is 2.44. The Labute approximate surface area is 191 Å². The summed E-state index contributed by atoms with van der Waals surface area (Å²) in [5.41, 5.74) is 1.01. The van der Waals surface area contributed by atoms with Gasteiger partial charge in [-0.25, -0.2) is 9.98 Å². The van der Waals surface area contributed by atoms with Gasteiger partial charge in [0.1, 0.15) is 11.5 Å². The average molecular weight is 514 g/mol. The largest absolute Gasteiger partial charge is 0.493 e. The second-order valence-electron chi connectivity index (χ2n) is 8.23. The Kier molecular flexibility index (Phi) is 10.5. The minimum atomic E-state index is -0.0520. The van der Waals surface area contributed by atoms with Crippen LogP contribution in [0.15, 0.2) is 39.9 Å². The molecule has 0 spiro atoms. The van der Waals surface area contributed by atoms with Gasteiger partial charge in [-0.05, 0) is 18.9 Å². The maximum absolute atomic E-state index is 5.92. The van der Waals surface area contributed by atoms with E-state index in [1.54, 1.807) is 6.20 Å². The zero-order valence-corrected chi connectivity index (χ0v) is 20.7. The van der Waals surface area contributed by atoms with Crippen LogP contribution in [0, 0.1) is 5.92 Å². The van der Waals surface area contributed by atoms with Crippen LogP contribution < -0.4 is 15.4 Å². The summed E-state index contributed by atoms with van der Waals surface area (Å²) in [5.74, 6) is 3.61. The van der Waals surface area contributed by atoms with E-state index < -0.39 is 0 Å². The molecule has 2 N–H and O–H groups in total. The molecule has 0 saturated heterocycles. The third-order valence-electron chi connectivity index (χ3n) is 4.00. The summed E-state index contributed by atoms with van der Waals surface area (Å²) < 4.78 is 11.8. The lowest BCUT2D eigenvalue weighted by molar-refractivity contribution is 0.268. The highest BCUT2D eigenvalue weighted by atomic mass is 127. The smallest absolute Gasteiger partial charge is 0.213 e. The molecule has 0 bridgehead atoms. The van der Waals surface area contributed by atoms with Gasteiger partial charge < -0.3 is 19.8 Å². The van der Waals surface area contributed by atoms with E-state index in [0.717, 1.165) is 29.6 Å². The first-order valence-corrected chi connectivity index (χ1v) is 9.97. The van der Waals surface area contributed by atoms with Crippen LogP contribution in [-0.4, -0.2) is 24.1 Å². The van der Waals surface area contributed by atoms with E-state index in [1.165, 1.54) is 0 Å². The SMILES string of the molecule is CCNC(=NCc1ccccc1OCC(C)C)NCc1ncc(C(C)(C)C)o1.I. The number of hydrogen-bond donors (Lipinski definition) is 2. The lowest BCUT2D eigenvalue weighted by Gasteiger charge is -2.14. The van der Waals surface area contributed by atoms with Crippen molar-refractivity contribution < 1.29 is 9.15 Å². The van der Waals surface area contributed by atoms with Crippen molar-refractivity contribution in [3.63, 3.8) is 0 Å². The molecule has 162 valence electrons. The monoisotopic (exact) mass is 514 g/mol. The number of benzene rings is 1. The Bertz CT molecular complexity index is 766. The molecule has 29 heavy (non-hydrogen) atoms. The maximum Gasteiger partial charge on any atom is 0.213 e. The lowest BCUT2D eigenvalue weighted by atomic mass is 9.94. The fraction of sp³-hybridized carbons (Fsp3) is 0.545. The van der Waals surface area contributed by atoms with E-state index in [1.807, 2.05) is 31.2 Å². The predicted molar refractivity (Wildman–Crippen MR) is 129 cm³/mol. The second-order valence-corrected chi connectivity index (χ2v) is 8.23. The first-order valence-electron chi connectivity index (χ1n) is 9.97. The maximum atomic E-state index is 5.92. The van der Waals surface area contributed by atoms with Gasteiger partial charge in [0.25, 0.3) is 0 Å².